The van der Waals surface area contributed by atoms with E-state index in [-0.39, 0.29) is 18.6 Å². The average Bonchev–Trinajstić information content (AvgIpc) is 3.05. The molecule has 2 rings (SSSR count). The lowest BCUT2D eigenvalue weighted by Crippen LogP contribution is -2.35. The number of thiophene rings is 1. The molecule has 1 fully saturated rings. The number of rotatable bonds is 5. The van der Waals surface area contributed by atoms with Crippen LogP contribution >= 0.6 is 11.3 Å². The summed E-state index contributed by atoms with van der Waals surface area (Å²) in [5.41, 5.74) is 1.11. The van der Waals surface area contributed by atoms with Crippen LogP contribution in [0, 0.1) is 6.92 Å². The Morgan fingerprint density at radius 1 is 1.40 bits per heavy atom. The van der Waals surface area contributed by atoms with Gasteiger partial charge in [0.05, 0.1) is 0 Å². The summed E-state index contributed by atoms with van der Waals surface area (Å²) in [6, 6.07) is 2.10. The van der Waals surface area contributed by atoms with Gasteiger partial charge in [-0.2, -0.15) is 0 Å². The second-order valence-electron chi connectivity index (χ2n) is 5.20. The Balaban J connectivity index is 1.80. The Morgan fingerprint density at radius 3 is 2.70 bits per heavy atom. The quantitative estimate of drug-likeness (QED) is 0.850. The molecule has 0 radical (unpaired) electrons. The van der Waals surface area contributed by atoms with Gasteiger partial charge in [0, 0.05) is 10.9 Å². The molecule has 1 aromatic rings. The molecule has 0 unspecified atom stereocenters. The molecule has 4 nitrogen and oxygen atoms in total. The minimum absolute atomic E-state index is 0.187. The highest BCUT2D eigenvalue weighted by Crippen LogP contribution is 2.23. The second kappa shape index (κ2) is 6.88. The number of nitrogens with one attached hydrogen (secondary N) is 1. The predicted molar refractivity (Wildman–Crippen MR) is 79.1 cm³/mol. The number of esters is 1. The van der Waals surface area contributed by atoms with E-state index >= 15 is 0 Å². The van der Waals surface area contributed by atoms with Crippen molar-refractivity contribution in [3.05, 3.63) is 21.4 Å². The zero-order valence-corrected chi connectivity index (χ0v) is 12.8. The van der Waals surface area contributed by atoms with E-state index in [1.807, 2.05) is 13.0 Å². The summed E-state index contributed by atoms with van der Waals surface area (Å²) in [4.78, 5) is 25.3. The maximum atomic E-state index is 11.9. The highest BCUT2D eigenvalue weighted by Gasteiger charge is 2.19. The van der Waals surface area contributed by atoms with Crippen LogP contribution in [0.15, 0.2) is 6.07 Å². The van der Waals surface area contributed by atoms with Gasteiger partial charge in [0.1, 0.15) is 4.88 Å². The van der Waals surface area contributed by atoms with Crippen LogP contribution in [0.4, 0.5) is 0 Å². The zero-order valence-electron chi connectivity index (χ0n) is 12.0. The molecular weight excluding hydrogens is 274 g/mol. The predicted octanol–water partition coefficient (Wildman–Crippen LogP) is 2.83. The van der Waals surface area contributed by atoms with Gasteiger partial charge in [0.15, 0.2) is 6.61 Å². The molecule has 0 bridgehead atoms. The van der Waals surface area contributed by atoms with Crippen molar-refractivity contribution >= 4 is 23.2 Å². The number of aryl methyl sites for hydroxylation is 2. The first-order chi connectivity index (χ1) is 9.60. The van der Waals surface area contributed by atoms with Gasteiger partial charge in [0.2, 0.25) is 0 Å². The molecule has 110 valence electrons. The summed E-state index contributed by atoms with van der Waals surface area (Å²) < 4.78 is 5.07. The van der Waals surface area contributed by atoms with Gasteiger partial charge in [-0.15, -0.1) is 11.3 Å². The molecule has 0 saturated heterocycles. The second-order valence-corrected chi connectivity index (χ2v) is 6.33. The monoisotopic (exact) mass is 295 g/mol. The third kappa shape index (κ3) is 3.82. The first-order valence-electron chi connectivity index (χ1n) is 7.16. The van der Waals surface area contributed by atoms with Crippen molar-refractivity contribution in [1.82, 2.24) is 5.32 Å². The van der Waals surface area contributed by atoms with E-state index in [2.05, 4.69) is 12.2 Å². The van der Waals surface area contributed by atoms with Gasteiger partial charge in [-0.3, -0.25) is 4.79 Å². The molecular formula is C15H21NO3S. The summed E-state index contributed by atoms with van der Waals surface area (Å²) in [6.07, 6.45) is 5.30. The van der Waals surface area contributed by atoms with Crippen molar-refractivity contribution in [3.8, 4) is 0 Å². The molecule has 0 spiro atoms. The topological polar surface area (TPSA) is 55.4 Å². The molecule has 1 N–H and O–H groups in total. The van der Waals surface area contributed by atoms with Crippen molar-refractivity contribution in [2.45, 2.75) is 52.0 Å². The number of ether oxygens (including phenoxy) is 1. The van der Waals surface area contributed by atoms with Crippen LogP contribution in [0.2, 0.25) is 0 Å². The third-order valence-electron chi connectivity index (χ3n) is 3.60. The Hall–Kier alpha value is -1.36. The van der Waals surface area contributed by atoms with E-state index in [0.717, 1.165) is 24.8 Å². The van der Waals surface area contributed by atoms with Crippen molar-refractivity contribution < 1.29 is 14.3 Å². The fourth-order valence-electron chi connectivity index (χ4n) is 2.51. The van der Waals surface area contributed by atoms with Crippen molar-refractivity contribution in [2.24, 2.45) is 0 Å². The van der Waals surface area contributed by atoms with Gasteiger partial charge in [0.25, 0.3) is 5.91 Å². The molecule has 1 heterocycles. The van der Waals surface area contributed by atoms with Gasteiger partial charge in [-0.05, 0) is 37.8 Å². The average molecular weight is 295 g/mol. The van der Waals surface area contributed by atoms with Crippen LogP contribution in [0.1, 0.15) is 52.7 Å². The smallest absolute Gasteiger partial charge is 0.348 e. The van der Waals surface area contributed by atoms with Gasteiger partial charge < -0.3 is 10.1 Å². The SMILES string of the molecule is CCc1sc(C(=O)OCC(=O)NC2CCCC2)cc1C. The summed E-state index contributed by atoms with van der Waals surface area (Å²) >= 11 is 1.45. The fourth-order valence-corrected chi connectivity index (χ4v) is 3.52. The Labute approximate surface area is 123 Å². The number of carbonyl (C=O) groups is 2. The normalized spacial score (nSPS) is 15.3. The highest BCUT2D eigenvalue weighted by molar-refractivity contribution is 7.14. The number of amides is 1. The number of hydrogen-bond donors (Lipinski definition) is 1. The molecule has 1 saturated carbocycles. The van der Waals surface area contributed by atoms with Crippen LogP contribution in [0.5, 0.6) is 0 Å². The summed E-state index contributed by atoms with van der Waals surface area (Å²) in [7, 11) is 0. The number of carbonyl (C=O) groups excluding carboxylic acids is 2. The van der Waals surface area contributed by atoms with Crippen LogP contribution in [-0.2, 0) is 16.0 Å². The lowest BCUT2D eigenvalue weighted by Gasteiger charge is -2.11. The van der Waals surface area contributed by atoms with Gasteiger partial charge in [-0.25, -0.2) is 4.79 Å². The Bertz CT molecular complexity index is 489. The standard InChI is InChI=1S/C15H21NO3S/c1-3-12-10(2)8-13(20-12)15(18)19-9-14(17)16-11-6-4-5-7-11/h8,11H,3-7,9H2,1-2H3,(H,16,17). The molecule has 20 heavy (non-hydrogen) atoms. The van der Waals surface area contributed by atoms with E-state index in [1.165, 1.54) is 29.1 Å². The highest BCUT2D eigenvalue weighted by atomic mass is 32.1. The third-order valence-corrected chi connectivity index (χ3v) is 4.96. The van der Waals surface area contributed by atoms with E-state index in [1.54, 1.807) is 0 Å². The van der Waals surface area contributed by atoms with Crippen molar-refractivity contribution in [1.29, 1.82) is 0 Å². The maximum absolute atomic E-state index is 11.9. The van der Waals surface area contributed by atoms with Crippen molar-refractivity contribution in [3.63, 3.8) is 0 Å². The molecule has 1 aliphatic carbocycles. The first kappa shape index (κ1) is 15.0. The number of hydrogen-bond acceptors (Lipinski definition) is 4. The minimum Gasteiger partial charge on any atom is -0.451 e. The molecule has 1 aliphatic rings. The maximum Gasteiger partial charge on any atom is 0.348 e. The summed E-state index contributed by atoms with van der Waals surface area (Å²) in [6.45, 7) is 3.86. The van der Waals surface area contributed by atoms with Gasteiger partial charge in [-0.1, -0.05) is 19.8 Å². The molecule has 0 atom stereocenters. The van der Waals surface area contributed by atoms with E-state index in [9.17, 15) is 9.59 Å². The van der Waals surface area contributed by atoms with Crippen molar-refractivity contribution in [2.75, 3.05) is 6.61 Å². The lowest BCUT2D eigenvalue weighted by molar-refractivity contribution is -0.124. The molecule has 5 heteroatoms. The van der Waals surface area contributed by atoms with Crippen LogP contribution in [-0.4, -0.2) is 24.5 Å². The molecule has 1 amide bonds. The van der Waals surface area contributed by atoms with Gasteiger partial charge >= 0.3 is 5.97 Å². The van der Waals surface area contributed by atoms with Crippen LogP contribution in [0.25, 0.3) is 0 Å². The first-order valence-corrected chi connectivity index (χ1v) is 7.97. The zero-order chi connectivity index (χ0) is 14.5. The minimum atomic E-state index is -0.403. The van der Waals surface area contributed by atoms with E-state index in [4.69, 9.17) is 4.74 Å². The molecule has 1 aromatic heterocycles. The lowest BCUT2D eigenvalue weighted by atomic mass is 10.2. The molecule has 0 aromatic carbocycles. The van der Waals surface area contributed by atoms with Crippen LogP contribution < -0.4 is 5.32 Å². The van der Waals surface area contributed by atoms with Crippen LogP contribution in [0.3, 0.4) is 0 Å². The Morgan fingerprint density at radius 2 is 2.10 bits per heavy atom. The summed E-state index contributed by atoms with van der Waals surface area (Å²) in [5.74, 6) is -0.603. The van der Waals surface area contributed by atoms with E-state index in [0.29, 0.717) is 4.88 Å². The largest absolute Gasteiger partial charge is 0.451 e. The summed E-state index contributed by atoms with van der Waals surface area (Å²) in [5, 5.41) is 2.90. The molecule has 0 aliphatic heterocycles. The Kier molecular flexibility index (Phi) is 5.17. The van der Waals surface area contributed by atoms with E-state index < -0.39 is 5.97 Å². The fraction of sp³-hybridized carbons (Fsp3) is 0.600.